The molecule has 0 unspecified atom stereocenters. The Kier molecular flexibility index (Phi) is 4.15. The highest BCUT2D eigenvalue weighted by Gasteiger charge is 2.11. The van der Waals surface area contributed by atoms with Crippen molar-refractivity contribution in [1.82, 2.24) is 14.9 Å². The van der Waals surface area contributed by atoms with Gasteiger partial charge in [-0.2, -0.15) is 5.10 Å². The number of aromatic nitrogens is 3. The molecule has 0 amide bonds. The van der Waals surface area contributed by atoms with Crippen molar-refractivity contribution in [1.29, 1.82) is 0 Å². The summed E-state index contributed by atoms with van der Waals surface area (Å²) in [6.07, 6.45) is 1.48. The van der Waals surface area contributed by atoms with Gasteiger partial charge in [-0.1, -0.05) is 5.16 Å². The summed E-state index contributed by atoms with van der Waals surface area (Å²) in [5.74, 6) is 0. The van der Waals surface area contributed by atoms with Gasteiger partial charge in [-0.3, -0.25) is 4.68 Å². The summed E-state index contributed by atoms with van der Waals surface area (Å²) in [5, 5.41) is 17.0. The van der Waals surface area contributed by atoms with E-state index in [1.54, 1.807) is 4.68 Å². The smallest absolute Gasteiger partial charge is 0.129 e. The van der Waals surface area contributed by atoms with E-state index < -0.39 is 0 Å². The van der Waals surface area contributed by atoms with Crippen molar-refractivity contribution in [3.63, 3.8) is 0 Å². The second-order valence-corrected chi connectivity index (χ2v) is 4.70. The van der Waals surface area contributed by atoms with E-state index in [0.717, 1.165) is 21.4 Å². The predicted molar refractivity (Wildman–Crippen MR) is 66.6 cm³/mol. The van der Waals surface area contributed by atoms with Crippen LogP contribution in [0.4, 0.5) is 0 Å². The normalized spacial score (nSPS) is 11.1. The first-order valence-electron chi connectivity index (χ1n) is 5.42. The molecule has 7 heteroatoms. The Bertz CT molecular complexity index is 536. The maximum absolute atomic E-state index is 9.01. The number of rotatable bonds is 5. The Hall–Kier alpha value is -1.18. The number of hydrogen-bond donors (Lipinski definition) is 1. The second kappa shape index (κ2) is 5.64. The van der Waals surface area contributed by atoms with Crippen molar-refractivity contribution in [2.45, 2.75) is 26.7 Å². The molecule has 2 aromatic heterocycles. The van der Waals surface area contributed by atoms with Crippen molar-refractivity contribution in [2.75, 3.05) is 0 Å². The van der Waals surface area contributed by atoms with Gasteiger partial charge in [0, 0.05) is 18.3 Å². The highest BCUT2D eigenvalue weighted by atomic mass is 79.9. The minimum absolute atomic E-state index is 0.151. The molecular formula is C11H14BrN3O3. The van der Waals surface area contributed by atoms with Crippen LogP contribution in [0.2, 0.25) is 0 Å². The molecule has 0 aliphatic carbocycles. The molecule has 0 aliphatic rings. The van der Waals surface area contributed by atoms with E-state index in [-0.39, 0.29) is 6.61 Å². The van der Waals surface area contributed by atoms with E-state index in [4.69, 9.17) is 14.4 Å². The van der Waals surface area contributed by atoms with E-state index in [1.807, 2.05) is 14.0 Å². The molecule has 2 heterocycles. The molecule has 0 saturated carbocycles. The minimum atomic E-state index is -0.151. The molecule has 0 atom stereocenters. The van der Waals surface area contributed by atoms with Crippen LogP contribution in [0.15, 0.2) is 15.3 Å². The summed E-state index contributed by atoms with van der Waals surface area (Å²) in [5.41, 5.74) is 3.15. The van der Waals surface area contributed by atoms with Crippen molar-refractivity contribution < 1.29 is 14.4 Å². The van der Waals surface area contributed by atoms with Crippen LogP contribution in [0.1, 0.15) is 22.6 Å². The predicted octanol–water partition coefficient (Wildman–Crippen LogP) is 1.69. The number of halogens is 1. The van der Waals surface area contributed by atoms with Gasteiger partial charge in [0.15, 0.2) is 0 Å². The van der Waals surface area contributed by atoms with Crippen LogP contribution in [0, 0.1) is 6.92 Å². The zero-order chi connectivity index (χ0) is 13.1. The maximum Gasteiger partial charge on any atom is 0.129 e. The molecule has 0 fully saturated rings. The fourth-order valence-corrected chi connectivity index (χ4v) is 1.98. The fourth-order valence-electron chi connectivity index (χ4n) is 1.53. The average Bonchev–Trinajstić information content (AvgIpc) is 2.91. The lowest BCUT2D eigenvalue weighted by Gasteiger charge is -2.01. The molecule has 98 valence electrons. The van der Waals surface area contributed by atoms with Gasteiger partial charge >= 0.3 is 0 Å². The first-order chi connectivity index (χ1) is 8.63. The Labute approximate surface area is 113 Å². The number of aliphatic hydroxyl groups is 1. The van der Waals surface area contributed by atoms with Crippen LogP contribution >= 0.6 is 15.9 Å². The number of nitrogens with zero attached hydrogens (tertiary/aromatic N) is 3. The van der Waals surface area contributed by atoms with E-state index in [2.05, 4.69) is 26.2 Å². The summed E-state index contributed by atoms with van der Waals surface area (Å²) in [7, 11) is 1.88. The average molecular weight is 316 g/mol. The van der Waals surface area contributed by atoms with Gasteiger partial charge in [0.1, 0.15) is 17.7 Å². The molecule has 2 aromatic rings. The Morgan fingerprint density at radius 1 is 1.44 bits per heavy atom. The Morgan fingerprint density at radius 2 is 2.22 bits per heavy atom. The lowest BCUT2D eigenvalue weighted by Crippen LogP contribution is -1.99. The first-order valence-corrected chi connectivity index (χ1v) is 6.21. The third-order valence-corrected chi connectivity index (χ3v) is 3.73. The van der Waals surface area contributed by atoms with E-state index in [9.17, 15) is 0 Å². The van der Waals surface area contributed by atoms with Gasteiger partial charge in [0.25, 0.3) is 0 Å². The van der Waals surface area contributed by atoms with Gasteiger partial charge in [-0.25, -0.2) is 0 Å². The van der Waals surface area contributed by atoms with Crippen molar-refractivity contribution in [3.8, 4) is 0 Å². The highest BCUT2D eigenvalue weighted by molar-refractivity contribution is 9.10. The summed E-state index contributed by atoms with van der Waals surface area (Å²) >= 11 is 3.47. The molecular weight excluding hydrogens is 302 g/mol. The lowest BCUT2D eigenvalue weighted by atomic mass is 10.3. The largest absolute Gasteiger partial charge is 0.390 e. The molecule has 0 aromatic carbocycles. The Balaban J connectivity index is 1.94. The minimum Gasteiger partial charge on any atom is -0.390 e. The maximum atomic E-state index is 9.01. The molecule has 18 heavy (non-hydrogen) atoms. The summed E-state index contributed by atoms with van der Waals surface area (Å²) in [4.78, 5) is 0. The van der Waals surface area contributed by atoms with Crippen LogP contribution in [-0.4, -0.2) is 20.0 Å². The van der Waals surface area contributed by atoms with E-state index in [1.165, 1.54) is 6.26 Å². The van der Waals surface area contributed by atoms with Crippen molar-refractivity contribution in [2.24, 2.45) is 7.05 Å². The molecule has 2 rings (SSSR count). The van der Waals surface area contributed by atoms with Gasteiger partial charge in [0.05, 0.1) is 24.3 Å². The second-order valence-electron chi connectivity index (χ2n) is 3.91. The Morgan fingerprint density at radius 3 is 2.83 bits per heavy atom. The zero-order valence-corrected chi connectivity index (χ0v) is 11.8. The van der Waals surface area contributed by atoms with Gasteiger partial charge in [-0.15, -0.1) is 0 Å². The topological polar surface area (TPSA) is 73.3 Å². The van der Waals surface area contributed by atoms with Crippen molar-refractivity contribution >= 4 is 15.9 Å². The molecule has 0 saturated heterocycles. The molecule has 6 nitrogen and oxygen atoms in total. The molecule has 0 spiro atoms. The fraction of sp³-hybridized carbons (Fsp3) is 0.455. The number of hydrogen-bond acceptors (Lipinski definition) is 5. The van der Waals surface area contributed by atoms with Crippen LogP contribution in [-0.2, 0) is 31.6 Å². The zero-order valence-electron chi connectivity index (χ0n) is 10.2. The van der Waals surface area contributed by atoms with Gasteiger partial charge in [-0.05, 0) is 22.9 Å². The van der Waals surface area contributed by atoms with Crippen molar-refractivity contribution in [3.05, 3.63) is 33.4 Å². The number of aryl methyl sites for hydroxylation is 1. The summed E-state index contributed by atoms with van der Waals surface area (Å²) in [6, 6.07) is 0. The van der Waals surface area contributed by atoms with Crippen LogP contribution < -0.4 is 0 Å². The van der Waals surface area contributed by atoms with Gasteiger partial charge < -0.3 is 14.4 Å². The SMILES string of the molecule is Cc1c(Br)c(COCc2conc2CO)nn1C. The molecule has 0 bridgehead atoms. The van der Waals surface area contributed by atoms with E-state index >= 15 is 0 Å². The molecule has 0 aliphatic heterocycles. The quantitative estimate of drug-likeness (QED) is 0.909. The standard InChI is InChI=1S/C11H14BrN3O3/c1-7-11(12)10(13-15(7)2)6-17-4-8-5-18-14-9(8)3-16/h5,16H,3-4,6H2,1-2H3. The van der Waals surface area contributed by atoms with Crippen LogP contribution in [0.3, 0.4) is 0 Å². The summed E-state index contributed by atoms with van der Waals surface area (Å²) in [6.45, 7) is 2.55. The summed E-state index contributed by atoms with van der Waals surface area (Å²) < 4.78 is 13.1. The first kappa shape index (κ1) is 13.3. The number of ether oxygens (including phenoxy) is 1. The van der Waals surface area contributed by atoms with Crippen LogP contribution in [0.25, 0.3) is 0 Å². The molecule has 0 radical (unpaired) electrons. The third-order valence-electron chi connectivity index (χ3n) is 2.70. The van der Waals surface area contributed by atoms with Crippen LogP contribution in [0.5, 0.6) is 0 Å². The van der Waals surface area contributed by atoms with E-state index in [0.29, 0.717) is 18.9 Å². The molecule has 1 N–H and O–H groups in total. The monoisotopic (exact) mass is 315 g/mol. The highest BCUT2D eigenvalue weighted by Crippen LogP contribution is 2.21. The number of aliphatic hydroxyl groups excluding tert-OH is 1. The van der Waals surface area contributed by atoms with Gasteiger partial charge in [0.2, 0.25) is 0 Å². The lowest BCUT2D eigenvalue weighted by molar-refractivity contribution is 0.102. The third kappa shape index (κ3) is 2.63.